The van der Waals surface area contributed by atoms with E-state index in [1.54, 1.807) is 17.0 Å². The number of amides is 3. The lowest BCUT2D eigenvalue weighted by Crippen LogP contribution is -2.56. The van der Waals surface area contributed by atoms with Crippen LogP contribution in [0, 0.1) is 0 Å². The van der Waals surface area contributed by atoms with Gasteiger partial charge in [-0.3, -0.25) is 4.79 Å². The number of nitrogens with zero attached hydrogens (tertiary/aromatic N) is 3. The Bertz CT molecular complexity index is 608. The van der Waals surface area contributed by atoms with Crippen LogP contribution in [0.25, 0.3) is 0 Å². The Labute approximate surface area is 146 Å². The van der Waals surface area contributed by atoms with Crippen LogP contribution in [-0.4, -0.2) is 84.9 Å². The predicted molar refractivity (Wildman–Crippen MR) is 87.0 cm³/mol. The molecule has 25 heavy (non-hydrogen) atoms. The van der Waals surface area contributed by atoms with E-state index in [4.69, 9.17) is 13.9 Å². The smallest absolute Gasteiger partial charge is 0.320 e. The largest absolute Gasteiger partial charge is 0.459 e. The van der Waals surface area contributed by atoms with E-state index in [1.807, 2.05) is 9.80 Å². The van der Waals surface area contributed by atoms with Crippen molar-refractivity contribution < 1.29 is 23.5 Å². The summed E-state index contributed by atoms with van der Waals surface area (Å²) >= 11 is 0. The lowest BCUT2D eigenvalue weighted by molar-refractivity contribution is -0.182. The van der Waals surface area contributed by atoms with Gasteiger partial charge in [-0.15, -0.1) is 0 Å². The number of furan rings is 1. The Morgan fingerprint density at radius 2 is 1.48 bits per heavy atom. The van der Waals surface area contributed by atoms with Crippen LogP contribution in [0.3, 0.4) is 0 Å². The van der Waals surface area contributed by atoms with Crippen molar-refractivity contribution in [1.82, 2.24) is 14.7 Å². The summed E-state index contributed by atoms with van der Waals surface area (Å²) in [6, 6.07) is 3.41. The van der Waals surface area contributed by atoms with E-state index in [1.165, 1.54) is 6.26 Å². The number of hydrogen-bond acceptors (Lipinski definition) is 5. The van der Waals surface area contributed by atoms with Gasteiger partial charge in [0.25, 0.3) is 5.91 Å². The molecule has 3 amide bonds. The molecule has 0 atom stereocenters. The quantitative estimate of drug-likeness (QED) is 0.756. The van der Waals surface area contributed by atoms with E-state index in [0.717, 1.165) is 12.8 Å². The van der Waals surface area contributed by atoms with Crippen LogP contribution in [0.2, 0.25) is 0 Å². The van der Waals surface area contributed by atoms with Crippen molar-refractivity contribution in [2.75, 3.05) is 52.5 Å². The fraction of sp³-hybridized carbons (Fsp3) is 0.647. The van der Waals surface area contributed by atoms with Gasteiger partial charge >= 0.3 is 6.03 Å². The molecule has 0 N–H and O–H groups in total. The molecule has 0 saturated carbocycles. The van der Waals surface area contributed by atoms with Crippen molar-refractivity contribution in [3.05, 3.63) is 24.2 Å². The topological polar surface area (TPSA) is 75.5 Å². The minimum Gasteiger partial charge on any atom is -0.459 e. The lowest BCUT2D eigenvalue weighted by Gasteiger charge is -2.41. The van der Waals surface area contributed by atoms with E-state index in [2.05, 4.69) is 0 Å². The zero-order valence-corrected chi connectivity index (χ0v) is 14.2. The summed E-state index contributed by atoms with van der Waals surface area (Å²) in [5.74, 6) is -0.240. The standard InChI is InChI=1S/C17H23N3O5/c21-15(14-2-1-11-23-14)18-7-9-20(10-8-18)16(22)19-5-3-17(4-6-19)24-12-13-25-17/h1-2,11H,3-10,12-13H2. The Kier molecular flexibility index (Phi) is 4.39. The first-order valence-electron chi connectivity index (χ1n) is 8.81. The highest BCUT2D eigenvalue weighted by Crippen LogP contribution is 2.31. The molecular weight excluding hydrogens is 326 g/mol. The maximum Gasteiger partial charge on any atom is 0.320 e. The number of carbonyl (C=O) groups is 2. The van der Waals surface area contributed by atoms with Crippen molar-refractivity contribution in [1.29, 1.82) is 0 Å². The van der Waals surface area contributed by atoms with Gasteiger partial charge in [-0.2, -0.15) is 0 Å². The van der Waals surface area contributed by atoms with Crippen molar-refractivity contribution >= 4 is 11.9 Å². The molecule has 0 unspecified atom stereocenters. The van der Waals surface area contributed by atoms with Crippen molar-refractivity contribution in [3.8, 4) is 0 Å². The third-order valence-corrected chi connectivity index (χ3v) is 5.18. The first-order valence-corrected chi connectivity index (χ1v) is 8.81. The van der Waals surface area contributed by atoms with E-state index < -0.39 is 5.79 Å². The number of ether oxygens (including phenoxy) is 2. The first kappa shape index (κ1) is 16.4. The third-order valence-electron chi connectivity index (χ3n) is 5.18. The molecule has 8 heteroatoms. The average molecular weight is 349 g/mol. The minimum absolute atomic E-state index is 0.0398. The second-order valence-electron chi connectivity index (χ2n) is 6.63. The molecule has 8 nitrogen and oxygen atoms in total. The second-order valence-corrected chi connectivity index (χ2v) is 6.63. The molecule has 1 aromatic heterocycles. The highest BCUT2D eigenvalue weighted by Gasteiger charge is 2.41. The van der Waals surface area contributed by atoms with E-state index >= 15 is 0 Å². The van der Waals surface area contributed by atoms with Crippen LogP contribution >= 0.6 is 0 Å². The molecule has 0 bridgehead atoms. The number of piperidine rings is 1. The average Bonchev–Trinajstić information content (AvgIpc) is 3.34. The molecule has 3 aliphatic heterocycles. The summed E-state index contributed by atoms with van der Waals surface area (Å²) in [7, 11) is 0. The van der Waals surface area contributed by atoms with Gasteiger partial charge in [-0.25, -0.2) is 4.79 Å². The number of rotatable bonds is 1. The van der Waals surface area contributed by atoms with Crippen LogP contribution < -0.4 is 0 Å². The molecule has 0 radical (unpaired) electrons. The zero-order chi connectivity index (χ0) is 17.3. The SMILES string of the molecule is O=C(c1ccco1)N1CCN(C(=O)N2CCC3(CC2)OCCO3)CC1. The fourth-order valence-electron chi connectivity index (χ4n) is 3.68. The van der Waals surface area contributed by atoms with Gasteiger partial charge in [0.05, 0.1) is 19.5 Å². The minimum atomic E-state index is -0.467. The summed E-state index contributed by atoms with van der Waals surface area (Å²) < 4.78 is 16.6. The summed E-state index contributed by atoms with van der Waals surface area (Å²) in [5.41, 5.74) is 0. The van der Waals surface area contributed by atoms with Crippen LogP contribution in [-0.2, 0) is 9.47 Å². The Morgan fingerprint density at radius 3 is 2.08 bits per heavy atom. The molecule has 3 aliphatic rings. The maximum atomic E-state index is 12.7. The number of hydrogen-bond donors (Lipinski definition) is 0. The Balaban J connectivity index is 1.28. The molecule has 4 heterocycles. The molecule has 1 aromatic rings. The van der Waals surface area contributed by atoms with Gasteiger partial charge in [0, 0.05) is 52.1 Å². The lowest BCUT2D eigenvalue weighted by atomic mass is 10.0. The van der Waals surface area contributed by atoms with Crippen LogP contribution in [0.1, 0.15) is 23.4 Å². The van der Waals surface area contributed by atoms with Gasteiger partial charge in [-0.1, -0.05) is 0 Å². The van der Waals surface area contributed by atoms with E-state index in [9.17, 15) is 9.59 Å². The number of urea groups is 1. The normalized spacial score (nSPS) is 23.3. The molecular formula is C17H23N3O5. The van der Waals surface area contributed by atoms with Gasteiger partial charge in [0.2, 0.25) is 0 Å². The maximum absolute atomic E-state index is 12.7. The van der Waals surface area contributed by atoms with Gasteiger partial charge in [-0.05, 0) is 12.1 Å². The van der Waals surface area contributed by atoms with E-state index in [0.29, 0.717) is 58.2 Å². The molecule has 0 aromatic carbocycles. The van der Waals surface area contributed by atoms with E-state index in [-0.39, 0.29) is 11.9 Å². The third kappa shape index (κ3) is 3.23. The summed E-state index contributed by atoms with van der Waals surface area (Å²) in [5, 5.41) is 0. The second kappa shape index (κ2) is 6.68. The van der Waals surface area contributed by atoms with Crippen molar-refractivity contribution in [2.45, 2.75) is 18.6 Å². The molecule has 4 rings (SSSR count). The van der Waals surface area contributed by atoms with Gasteiger partial charge in [0.1, 0.15) is 0 Å². The number of carbonyl (C=O) groups excluding carboxylic acids is 2. The van der Waals surface area contributed by atoms with Gasteiger partial charge in [0.15, 0.2) is 11.5 Å². The monoisotopic (exact) mass is 349 g/mol. The van der Waals surface area contributed by atoms with Crippen molar-refractivity contribution in [3.63, 3.8) is 0 Å². The van der Waals surface area contributed by atoms with Crippen molar-refractivity contribution in [2.24, 2.45) is 0 Å². The Morgan fingerprint density at radius 1 is 0.880 bits per heavy atom. The molecule has 3 fully saturated rings. The zero-order valence-electron chi connectivity index (χ0n) is 14.2. The molecule has 3 saturated heterocycles. The summed E-state index contributed by atoms with van der Waals surface area (Å²) in [6.45, 7) is 4.69. The Hall–Kier alpha value is -2.06. The molecule has 136 valence electrons. The molecule has 0 aliphatic carbocycles. The highest BCUT2D eigenvalue weighted by atomic mass is 16.7. The van der Waals surface area contributed by atoms with Crippen LogP contribution in [0.15, 0.2) is 22.8 Å². The van der Waals surface area contributed by atoms with Gasteiger partial charge < -0.3 is 28.6 Å². The fourth-order valence-corrected chi connectivity index (χ4v) is 3.68. The number of piperazine rings is 1. The summed E-state index contributed by atoms with van der Waals surface area (Å²) in [6.07, 6.45) is 2.93. The molecule has 1 spiro atoms. The van der Waals surface area contributed by atoms with Crippen LogP contribution in [0.4, 0.5) is 4.79 Å². The van der Waals surface area contributed by atoms with Crippen LogP contribution in [0.5, 0.6) is 0 Å². The number of likely N-dealkylation sites (tertiary alicyclic amines) is 1. The first-order chi connectivity index (χ1) is 12.2. The predicted octanol–water partition coefficient (Wildman–Crippen LogP) is 0.996. The highest BCUT2D eigenvalue weighted by molar-refractivity contribution is 5.91. The summed E-state index contributed by atoms with van der Waals surface area (Å²) in [4.78, 5) is 30.4.